The van der Waals surface area contributed by atoms with E-state index in [0.29, 0.717) is 18.1 Å². The first-order valence-corrected chi connectivity index (χ1v) is 9.28. The lowest BCUT2D eigenvalue weighted by atomic mass is 10.1. The third-order valence-corrected chi connectivity index (χ3v) is 4.85. The van der Waals surface area contributed by atoms with Crippen molar-refractivity contribution in [1.29, 1.82) is 0 Å². The van der Waals surface area contributed by atoms with Gasteiger partial charge in [0.25, 0.3) is 5.91 Å². The number of carbonyl (C=O) groups is 1. The van der Waals surface area contributed by atoms with Gasteiger partial charge in [-0.1, -0.05) is 32.0 Å². The van der Waals surface area contributed by atoms with Crippen LogP contribution in [0.5, 0.6) is 0 Å². The van der Waals surface area contributed by atoms with Gasteiger partial charge >= 0.3 is 0 Å². The van der Waals surface area contributed by atoms with Crippen LogP contribution in [0.3, 0.4) is 0 Å². The van der Waals surface area contributed by atoms with Gasteiger partial charge in [-0.3, -0.25) is 10.1 Å². The normalized spacial score (nSPS) is 11.3. The highest BCUT2D eigenvalue weighted by atomic mass is 19.1. The molecular weight excluding hydrogens is 343 g/mol. The summed E-state index contributed by atoms with van der Waals surface area (Å²) in [5, 5.41) is 2.85. The van der Waals surface area contributed by atoms with E-state index in [1.165, 1.54) is 6.07 Å². The summed E-state index contributed by atoms with van der Waals surface area (Å²) in [5.41, 5.74) is 2.58. The second kappa shape index (κ2) is 8.31. The fourth-order valence-corrected chi connectivity index (χ4v) is 3.09. The molecule has 5 nitrogen and oxygen atoms in total. The van der Waals surface area contributed by atoms with Gasteiger partial charge in [0.2, 0.25) is 5.95 Å². The highest BCUT2D eigenvalue weighted by Crippen LogP contribution is 2.20. The average molecular weight is 368 g/mol. The maximum atomic E-state index is 13.8. The molecule has 27 heavy (non-hydrogen) atoms. The van der Waals surface area contributed by atoms with E-state index >= 15 is 0 Å². The van der Waals surface area contributed by atoms with E-state index in [1.54, 1.807) is 19.1 Å². The number of halogens is 1. The van der Waals surface area contributed by atoms with E-state index in [1.807, 2.05) is 28.8 Å². The third kappa shape index (κ3) is 4.17. The molecule has 1 aromatic heterocycles. The molecule has 6 heteroatoms. The molecule has 0 radical (unpaired) electrons. The van der Waals surface area contributed by atoms with Gasteiger partial charge < -0.3 is 9.47 Å². The number of imidazole rings is 1. The zero-order chi connectivity index (χ0) is 19.4. The number of hydrogen-bond acceptors (Lipinski definition) is 3. The monoisotopic (exact) mass is 368 g/mol. The Kier molecular flexibility index (Phi) is 5.86. The van der Waals surface area contributed by atoms with Gasteiger partial charge in [-0.25, -0.2) is 9.37 Å². The minimum Gasteiger partial charge on any atom is -0.309 e. The first kappa shape index (κ1) is 19.0. The lowest BCUT2D eigenvalue weighted by Gasteiger charge is -2.19. The number of rotatable bonds is 7. The molecule has 0 aliphatic carbocycles. The van der Waals surface area contributed by atoms with E-state index in [-0.39, 0.29) is 11.5 Å². The number of hydrogen-bond donors (Lipinski definition) is 1. The van der Waals surface area contributed by atoms with E-state index < -0.39 is 5.82 Å². The van der Waals surface area contributed by atoms with Crippen molar-refractivity contribution >= 4 is 22.9 Å². The number of benzene rings is 2. The van der Waals surface area contributed by atoms with Crippen LogP contribution in [0.1, 0.15) is 29.8 Å². The number of aromatic nitrogens is 2. The van der Waals surface area contributed by atoms with E-state index in [4.69, 9.17) is 0 Å². The van der Waals surface area contributed by atoms with Crippen molar-refractivity contribution in [3.63, 3.8) is 0 Å². The van der Waals surface area contributed by atoms with Crippen LogP contribution < -0.4 is 5.32 Å². The molecule has 0 bridgehead atoms. The van der Waals surface area contributed by atoms with Crippen LogP contribution in [0.25, 0.3) is 11.0 Å². The van der Waals surface area contributed by atoms with E-state index in [2.05, 4.69) is 29.0 Å². The lowest BCUT2D eigenvalue weighted by Crippen LogP contribution is -2.27. The molecule has 0 aliphatic heterocycles. The number of aryl methyl sites for hydroxylation is 1. The zero-order valence-corrected chi connectivity index (χ0v) is 16.0. The van der Waals surface area contributed by atoms with E-state index in [0.717, 1.165) is 30.7 Å². The first-order chi connectivity index (χ1) is 13.0. The summed E-state index contributed by atoms with van der Waals surface area (Å²) in [4.78, 5) is 19.5. The summed E-state index contributed by atoms with van der Waals surface area (Å²) in [6.45, 7) is 9.42. The van der Waals surface area contributed by atoms with E-state index in [9.17, 15) is 9.18 Å². The topological polar surface area (TPSA) is 50.2 Å². The molecule has 0 fully saturated rings. The SMILES string of the molecule is CCN(CC)CCn1c(NC(=O)c2ccc(C)c(F)c2)nc2ccccc21. The molecule has 142 valence electrons. The molecule has 3 rings (SSSR count). The summed E-state index contributed by atoms with van der Waals surface area (Å²) in [6, 6.07) is 12.3. The van der Waals surface area contributed by atoms with Crippen molar-refractivity contribution in [2.24, 2.45) is 0 Å². The maximum Gasteiger partial charge on any atom is 0.258 e. The molecule has 1 N–H and O–H groups in total. The number of para-hydroxylation sites is 2. The number of nitrogens with zero attached hydrogens (tertiary/aromatic N) is 3. The molecule has 3 aromatic rings. The second-order valence-electron chi connectivity index (χ2n) is 6.52. The van der Waals surface area contributed by atoms with Gasteiger partial charge in [0.1, 0.15) is 5.82 Å². The molecule has 1 heterocycles. The van der Waals surface area contributed by atoms with Gasteiger partial charge in [0.15, 0.2) is 0 Å². The lowest BCUT2D eigenvalue weighted by molar-refractivity contribution is 0.102. The first-order valence-electron chi connectivity index (χ1n) is 9.28. The van der Waals surface area contributed by atoms with Crippen LogP contribution in [0, 0.1) is 12.7 Å². The highest BCUT2D eigenvalue weighted by molar-refractivity contribution is 6.04. The van der Waals surface area contributed by atoms with Crippen molar-refractivity contribution in [2.45, 2.75) is 27.3 Å². The molecule has 0 spiro atoms. The van der Waals surface area contributed by atoms with Crippen molar-refractivity contribution < 1.29 is 9.18 Å². The Hall–Kier alpha value is -2.73. The minimum absolute atomic E-state index is 0.278. The number of nitrogens with one attached hydrogen (secondary N) is 1. The summed E-state index contributed by atoms with van der Waals surface area (Å²) in [6.07, 6.45) is 0. The number of carbonyl (C=O) groups excluding carboxylic acids is 1. The Bertz CT molecular complexity index is 947. The van der Waals surface area contributed by atoms with Crippen molar-refractivity contribution in [1.82, 2.24) is 14.5 Å². The zero-order valence-electron chi connectivity index (χ0n) is 16.0. The standard InChI is InChI=1S/C21H25FN4O/c1-4-25(5-2)12-13-26-19-9-7-6-8-18(19)23-21(26)24-20(27)16-11-10-15(3)17(22)14-16/h6-11,14H,4-5,12-13H2,1-3H3,(H,23,24,27). The van der Waals surface area contributed by atoms with Crippen LogP contribution in [-0.2, 0) is 6.54 Å². The molecule has 0 unspecified atom stereocenters. The predicted molar refractivity (Wildman–Crippen MR) is 107 cm³/mol. The van der Waals surface area contributed by atoms with Crippen LogP contribution in [0.15, 0.2) is 42.5 Å². The molecular formula is C21H25FN4O. The number of likely N-dealkylation sites (N-methyl/N-ethyl adjacent to an activating group) is 1. The van der Waals surface area contributed by atoms with Crippen molar-refractivity contribution in [2.75, 3.05) is 25.0 Å². The number of fused-ring (bicyclic) bond motifs is 1. The fourth-order valence-electron chi connectivity index (χ4n) is 3.09. The Balaban J connectivity index is 1.89. The van der Waals surface area contributed by atoms with Gasteiger partial charge in [-0.05, 0) is 49.8 Å². The molecule has 0 atom stereocenters. The Morgan fingerprint density at radius 3 is 2.63 bits per heavy atom. The largest absolute Gasteiger partial charge is 0.309 e. The third-order valence-electron chi connectivity index (χ3n) is 4.85. The summed E-state index contributed by atoms with van der Waals surface area (Å²) < 4.78 is 15.8. The summed E-state index contributed by atoms with van der Waals surface area (Å²) >= 11 is 0. The predicted octanol–water partition coefficient (Wildman–Crippen LogP) is 4.08. The Morgan fingerprint density at radius 2 is 1.93 bits per heavy atom. The fraction of sp³-hybridized carbons (Fsp3) is 0.333. The molecule has 2 aromatic carbocycles. The number of anilines is 1. The van der Waals surface area contributed by atoms with Gasteiger partial charge in [-0.15, -0.1) is 0 Å². The van der Waals surface area contributed by atoms with Crippen LogP contribution in [0.4, 0.5) is 10.3 Å². The maximum absolute atomic E-state index is 13.8. The minimum atomic E-state index is -0.391. The highest BCUT2D eigenvalue weighted by Gasteiger charge is 2.15. The summed E-state index contributed by atoms with van der Waals surface area (Å²) in [7, 11) is 0. The van der Waals surface area contributed by atoms with Crippen LogP contribution in [0.2, 0.25) is 0 Å². The number of amides is 1. The Morgan fingerprint density at radius 1 is 1.19 bits per heavy atom. The van der Waals surface area contributed by atoms with Crippen molar-refractivity contribution in [3.8, 4) is 0 Å². The quantitative estimate of drug-likeness (QED) is 0.684. The molecule has 0 saturated carbocycles. The molecule has 1 amide bonds. The molecule has 0 aliphatic rings. The molecule has 0 saturated heterocycles. The van der Waals surface area contributed by atoms with Crippen LogP contribution in [-0.4, -0.2) is 40.0 Å². The Labute approximate surface area is 158 Å². The second-order valence-corrected chi connectivity index (χ2v) is 6.52. The summed E-state index contributed by atoms with van der Waals surface area (Å²) in [5.74, 6) is -0.277. The van der Waals surface area contributed by atoms with Crippen molar-refractivity contribution in [3.05, 3.63) is 59.4 Å². The van der Waals surface area contributed by atoms with Gasteiger partial charge in [0, 0.05) is 18.7 Å². The van der Waals surface area contributed by atoms with Crippen LogP contribution >= 0.6 is 0 Å². The average Bonchev–Trinajstić information content (AvgIpc) is 3.02. The van der Waals surface area contributed by atoms with Gasteiger partial charge in [-0.2, -0.15) is 0 Å². The smallest absolute Gasteiger partial charge is 0.258 e. The van der Waals surface area contributed by atoms with Gasteiger partial charge in [0.05, 0.1) is 11.0 Å².